The van der Waals surface area contributed by atoms with Crippen molar-refractivity contribution in [3.63, 3.8) is 0 Å². The molecule has 1 aliphatic heterocycles. The maximum atomic E-state index is 13.8. The van der Waals surface area contributed by atoms with Gasteiger partial charge in [0.05, 0.1) is 5.69 Å². The van der Waals surface area contributed by atoms with Gasteiger partial charge in [-0.25, -0.2) is 9.37 Å². The third-order valence-electron chi connectivity index (χ3n) is 4.66. The fraction of sp³-hybridized carbons (Fsp3) is 0.300. The molecule has 1 unspecified atom stereocenters. The van der Waals surface area contributed by atoms with E-state index in [1.54, 1.807) is 6.07 Å². The van der Waals surface area contributed by atoms with Crippen LogP contribution in [-0.2, 0) is 6.42 Å². The van der Waals surface area contributed by atoms with Gasteiger partial charge in [-0.05, 0) is 55.7 Å². The Morgan fingerprint density at radius 2 is 2.16 bits per heavy atom. The zero-order chi connectivity index (χ0) is 17.6. The van der Waals surface area contributed by atoms with Crippen molar-refractivity contribution >= 4 is 11.4 Å². The summed E-state index contributed by atoms with van der Waals surface area (Å²) in [7, 11) is 0. The number of nitrogens with zero attached hydrogens (tertiary/aromatic N) is 2. The zero-order valence-corrected chi connectivity index (χ0v) is 14.3. The normalized spacial score (nSPS) is 16.0. The van der Waals surface area contributed by atoms with E-state index in [4.69, 9.17) is 4.74 Å². The summed E-state index contributed by atoms with van der Waals surface area (Å²) < 4.78 is 20.9. The fourth-order valence-corrected chi connectivity index (χ4v) is 3.36. The number of aryl methyl sites for hydroxylation is 3. The summed E-state index contributed by atoms with van der Waals surface area (Å²) >= 11 is 0. The maximum Gasteiger partial charge on any atom is 0.181 e. The average Bonchev–Trinajstić information content (AvgIpc) is 3.11. The highest BCUT2D eigenvalue weighted by Crippen LogP contribution is 2.35. The molecule has 0 aliphatic carbocycles. The molecule has 0 N–H and O–H groups in total. The van der Waals surface area contributed by atoms with Gasteiger partial charge in [-0.3, -0.25) is 9.20 Å². The minimum Gasteiger partial charge on any atom is -0.490 e. The first kappa shape index (κ1) is 15.8. The topological polar surface area (TPSA) is 43.6 Å². The zero-order valence-electron chi connectivity index (χ0n) is 14.3. The summed E-state index contributed by atoms with van der Waals surface area (Å²) in [5, 5.41) is 0. The number of aromatic nitrogens is 2. The number of carbonyl (C=O) groups is 1. The van der Waals surface area contributed by atoms with E-state index in [1.807, 2.05) is 48.7 Å². The third-order valence-corrected chi connectivity index (χ3v) is 4.66. The Labute approximate surface area is 145 Å². The second-order valence-corrected chi connectivity index (χ2v) is 6.55. The Bertz CT molecular complexity index is 977. The smallest absolute Gasteiger partial charge is 0.181 e. The number of hydrogen-bond donors (Lipinski definition) is 0. The molecule has 4 nitrogen and oxygen atoms in total. The highest BCUT2D eigenvalue weighted by molar-refractivity contribution is 5.96. The number of imidazole rings is 1. The van der Waals surface area contributed by atoms with E-state index in [0.29, 0.717) is 29.8 Å². The molecule has 1 aromatic carbocycles. The molecule has 3 heterocycles. The predicted molar refractivity (Wildman–Crippen MR) is 93.1 cm³/mol. The molecule has 0 radical (unpaired) electrons. The second-order valence-electron chi connectivity index (χ2n) is 6.55. The number of hydrogen-bond acceptors (Lipinski definition) is 3. The highest BCUT2D eigenvalue weighted by atomic mass is 19.1. The van der Waals surface area contributed by atoms with Crippen LogP contribution in [0.1, 0.15) is 45.5 Å². The van der Waals surface area contributed by atoms with Gasteiger partial charge >= 0.3 is 0 Å². The lowest BCUT2D eigenvalue weighted by atomic mass is 10.0. The quantitative estimate of drug-likeness (QED) is 0.671. The summed E-state index contributed by atoms with van der Waals surface area (Å²) in [4.78, 5) is 17.2. The first-order valence-corrected chi connectivity index (χ1v) is 8.41. The van der Waals surface area contributed by atoms with Crippen LogP contribution >= 0.6 is 0 Å². The molecule has 3 aromatic rings. The van der Waals surface area contributed by atoms with Crippen molar-refractivity contribution in [2.75, 3.05) is 6.61 Å². The Hall–Kier alpha value is -2.69. The minimum absolute atomic E-state index is 0.0439. The Morgan fingerprint density at radius 3 is 3.00 bits per heavy atom. The number of pyridine rings is 1. The third kappa shape index (κ3) is 2.80. The molecule has 0 fully saturated rings. The molecule has 0 saturated heterocycles. The molecule has 1 aliphatic rings. The van der Waals surface area contributed by atoms with Crippen molar-refractivity contribution in [2.45, 2.75) is 32.9 Å². The largest absolute Gasteiger partial charge is 0.490 e. The Kier molecular flexibility index (Phi) is 3.79. The lowest BCUT2D eigenvalue weighted by Gasteiger charge is -2.06. The van der Waals surface area contributed by atoms with Crippen LogP contribution < -0.4 is 4.74 Å². The molecule has 2 aromatic heterocycles. The predicted octanol–water partition coefficient (Wildman–Crippen LogP) is 4.17. The molecular weight excluding hydrogens is 319 g/mol. The van der Waals surface area contributed by atoms with Gasteiger partial charge in [0.1, 0.15) is 23.7 Å². The standard InChI is InChI=1S/C20H19FN2O2/c1-12-7-8-23-19(9-12)22-13(2)20(23)17(24)5-3-14-4-6-18-15(10-14)16(21)11-25-18/h4,6-10,16H,3,5,11H2,1-2H3. The van der Waals surface area contributed by atoms with E-state index in [0.717, 1.165) is 22.5 Å². The van der Waals surface area contributed by atoms with Gasteiger partial charge in [-0.2, -0.15) is 0 Å². The maximum absolute atomic E-state index is 13.8. The SMILES string of the molecule is Cc1ccn2c(C(=O)CCc3ccc4c(c3)C(F)CO4)c(C)nc2c1. The highest BCUT2D eigenvalue weighted by Gasteiger charge is 2.24. The molecule has 0 amide bonds. The van der Waals surface area contributed by atoms with E-state index in [2.05, 4.69) is 4.98 Å². The van der Waals surface area contributed by atoms with Gasteiger partial charge in [0, 0.05) is 18.2 Å². The Balaban J connectivity index is 1.55. The van der Waals surface area contributed by atoms with Gasteiger partial charge in [-0.1, -0.05) is 6.07 Å². The number of benzene rings is 1. The van der Waals surface area contributed by atoms with Crippen molar-refractivity contribution in [3.05, 3.63) is 64.6 Å². The van der Waals surface area contributed by atoms with Gasteiger partial charge in [0.2, 0.25) is 0 Å². The van der Waals surface area contributed by atoms with Crippen LogP contribution in [0, 0.1) is 13.8 Å². The molecule has 0 saturated carbocycles. The van der Waals surface area contributed by atoms with Crippen LogP contribution in [0.5, 0.6) is 5.75 Å². The van der Waals surface area contributed by atoms with Crippen molar-refractivity contribution in [3.8, 4) is 5.75 Å². The number of alkyl halides is 1. The van der Waals surface area contributed by atoms with Gasteiger partial charge in [0.25, 0.3) is 0 Å². The van der Waals surface area contributed by atoms with Crippen LogP contribution in [0.4, 0.5) is 4.39 Å². The number of rotatable bonds is 4. The Morgan fingerprint density at radius 1 is 1.32 bits per heavy atom. The molecule has 5 heteroatoms. The molecule has 1 atom stereocenters. The molecule has 25 heavy (non-hydrogen) atoms. The van der Waals surface area contributed by atoms with Crippen LogP contribution in [0.15, 0.2) is 36.5 Å². The number of Topliss-reactive ketones (excluding diaryl/α,β-unsaturated/α-hetero) is 1. The lowest BCUT2D eigenvalue weighted by Crippen LogP contribution is -2.07. The van der Waals surface area contributed by atoms with Crippen molar-refractivity contribution in [1.82, 2.24) is 9.38 Å². The van der Waals surface area contributed by atoms with Gasteiger partial charge in [-0.15, -0.1) is 0 Å². The van der Waals surface area contributed by atoms with Crippen molar-refractivity contribution < 1.29 is 13.9 Å². The molecular formula is C20H19FN2O2. The summed E-state index contributed by atoms with van der Waals surface area (Å²) in [6.07, 6.45) is 1.74. The van der Waals surface area contributed by atoms with E-state index in [1.165, 1.54) is 0 Å². The number of ketones is 1. The summed E-state index contributed by atoms with van der Waals surface area (Å²) in [6, 6.07) is 9.43. The van der Waals surface area contributed by atoms with E-state index in [9.17, 15) is 9.18 Å². The first-order valence-electron chi connectivity index (χ1n) is 8.41. The van der Waals surface area contributed by atoms with E-state index >= 15 is 0 Å². The van der Waals surface area contributed by atoms with Crippen molar-refractivity contribution in [1.29, 1.82) is 0 Å². The molecule has 0 bridgehead atoms. The molecule has 0 spiro atoms. The number of carbonyl (C=O) groups excluding carboxylic acids is 1. The summed E-state index contributed by atoms with van der Waals surface area (Å²) in [5.74, 6) is 0.651. The number of ether oxygens (including phenoxy) is 1. The van der Waals surface area contributed by atoms with Gasteiger partial charge < -0.3 is 4.74 Å². The second kappa shape index (κ2) is 5.99. The van der Waals surface area contributed by atoms with Crippen LogP contribution in [0.3, 0.4) is 0 Å². The van der Waals surface area contributed by atoms with E-state index < -0.39 is 6.17 Å². The number of fused-ring (bicyclic) bond motifs is 2. The lowest BCUT2D eigenvalue weighted by molar-refractivity contribution is 0.0976. The van der Waals surface area contributed by atoms with E-state index in [-0.39, 0.29) is 12.4 Å². The average molecular weight is 338 g/mol. The summed E-state index contributed by atoms with van der Waals surface area (Å²) in [6.45, 7) is 3.94. The first-order chi connectivity index (χ1) is 12.0. The van der Waals surface area contributed by atoms with Crippen LogP contribution in [0.2, 0.25) is 0 Å². The summed E-state index contributed by atoms with van der Waals surface area (Å²) in [5.41, 5.74) is 4.80. The fourth-order valence-electron chi connectivity index (χ4n) is 3.36. The molecule has 128 valence electrons. The molecule has 4 rings (SSSR count). The minimum atomic E-state index is -1.07. The van der Waals surface area contributed by atoms with Crippen LogP contribution in [0.25, 0.3) is 5.65 Å². The van der Waals surface area contributed by atoms with Crippen molar-refractivity contribution in [2.24, 2.45) is 0 Å². The van der Waals surface area contributed by atoms with Gasteiger partial charge in [0.15, 0.2) is 12.0 Å². The number of halogens is 1. The van der Waals surface area contributed by atoms with Crippen LogP contribution in [-0.4, -0.2) is 21.8 Å². The monoisotopic (exact) mass is 338 g/mol.